The second-order valence-electron chi connectivity index (χ2n) is 11.2. The zero-order chi connectivity index (χ0) is 29.9. The number of nitrogen functional groups attached to an aromatic ring is 2. The van der Waals surface area contributed by atoms with Crippen LogP contribution in [-0.2, 0) is 9.84 Å². The molecule has 0 spiro atoms. The van der Waals surface area contributed by atoms with Gasteiger partial charge in [-0.3, -0.25) is 9.78 Å². The maximum atomic E-state index is 13.5. The van der Waals surface area contributed by atoms with Gasteiger partial charge in [0.05, 0.1) is 17.6 Å². The Morgan fingerprint density at radius 2 is 1.67 bits per heavy atom. The van der Waals surface area contributed by atoms with Crippen molar-refractivity contribution in [2.24, 2.45) is 0 Å². The SMILES string of the molecule is CS(=O)(=O)c1c([C@@H]2C[C@H]3CC[C@@H](C2)N3C(=O)c2cncnc2N)nc2c(-c3ccc(-c4ccccc4)nc3)cnn2c1N. The van der Waals surface area contributed by atoms with Crippen molar-refractivity contribution in [2.45, 2.75) is 48.6 Å². The molecule has 6 heterocycles. The van der Waals surface area contributed by atoms with Gasteiger partial charge in [-0.1, -0.05) is 36.4 Å². The average Bonchev–Trinajstić information content (AvgIpc) is 3.55. The third-order valence-corrected chi connectivity index (χ3v) is 9.67. The number of carbonyl (C=O) groups excluding carboxylic acids is 1. The van der Waals surface area contributed by atoms with E-state index in [1.165, 1.54) is 17.0 Å². The summed E-state index contributed by atoms with van der Waals surface area (Å²) in [5.41, 5.74) is 16.9. The van der Waals surface area contributed by atoms with Crippen LogP contribution in [0.25, 0.3) is 28.0 Å². The fourth-order valence-corrected chi connectivity index (χ4v) is 7.64. The van der Waals surface area contributed by atoms with Crippen LogP contribution in [0, 0.1) is 0 Å². The summed E-state index contributed by atoms with van der Waals surface area (Å²) in [7, 11) is -3.76. The van der Waals surface area contributed by atoms with Gasteiger partial charge in [0.15, 0.2) is 15.5 Å². The highest BCUT2D eigenvalue weighted by molar-refractivity contribution is 7.91. The summed E-state index contributed by atoms with van der Waals surface area (Å²) in [4.78, 5) is 32.9. The van der Waals surface area contributed by atoms with Crippen molar-refractivity contribution in [1.82, 2.24) is 34.4 Å². The second-order valence-corrected chi connectivity index (χ2v) is 13.1. The van der Waals surface area contributed by atoms with E-state index in [-0.39, 0.29) is 46.0 Å². The first kappa shape index (κ1) is 27.0. The molecule has 2 aliphatic heterocycles. The number of benzene rings is 1. The maximum Gasteiger partial charge on any atom is 0.259 e. The van der Waals surface area contributed by atoms with E-state index in [4.69, 9.17) is 16.5 Å². The number of carbonyl (C=O) groups is 1. The summed E-state index contributed by atoms with van der Waals surface area (Å²) in [6.45, 7) is 0. The molecule has 43 heavy (non-hydrogen) atoms. The highest BCUT2D eigenvalue weighted by Crippen LogP contribution is 2.46. The minimum absolute atomic E-state index is 0.0164. The third kappa shape index (κ3) is 4.56. The minimum Gasteiger partial charge on any atom is -0.383 e. The predicted octanol–water partition coefficient (Wildman–Crippen LogP) is 3.37. The molecule has 0 saturated carbocycles. The van der Waals surface area contributed by atoms with Gasteiger partial charge in [0.25, 0.3) is 5.91 Å². The van der Waals surface area contributed by atoms with Crippen LogP contribution in [0.1, 0.15) is 47.7 Å². The second kappa shape index (κ2) is 10.1. The predicted molar refractivity (Wildman–Crippen MR) is 161 cm³/mol. The van der Waals surface area contributed by atoms with Crippen LogP contribution in [-0.4, -0.2) is 67.1 Å². The van der Waals surface area contributed by atoms with Crippen LogP contribution in [0.5, 0.6) is 0 Å². The number of piperidine rings is 1. The summed E-state index contributed by atoms with van der Waals surface area (Å²) in [6, 6.07) is 13.5. The van der Waals surface area contributed by atoms with Crippen LogP contribution in [0.15, 0.2) is 72.3 Å². The summed E-state index contributed by atoms with van der Waals surface area (Å²) in [5, 5.41) is 4.42. The van der Waals surface area contributed by atoms with Crippen LogP contribution >= 0.6 is 0 Å². The van der Waals surface area contributed by atoms with Crippen molar-refractivity contribution in [3.05, 3.63) is 78.6 Å². The molecule has 2 bridgehead atoms. The largest absolute Gasteiger partial charge is 0.383 e. The maximum absolute atomic E-state index is 13.5. The van der Waals surface area contributed by atoms with E-state index < -0.39 is 9.84 Å². The lowest BCUT2D eigenvalue weighted by Gasteiger charge is -2.39. The first-order valence-electron chi connectivity index (χ1n) is 14.0. The van der Waals surface area contributed by atoms with Gasteiger partial charge in [0.2, 0.25) is 0 Å². The Kier molecular flexibility index (Phi) is 6.34. The average molecular weight is 596 g/mol. The van der Waals surface area contributed by atoms with E-state index in [0.717, 1.165) is 35.9 Å². The summed E-state index contributed by atoms with van der Waals surface area (Å²) in [6.07, 6.45) is 9.94. The third-order valence-electron chi connectivity index (χ3n) is 8.51. The molecule has 3 atom stereocenters. The van der Waals surface area contributed by atoms with Crippen molar-refractivity contribution in [2.75, 3.05) is 17.7 Å². The molecule has 1 amide bonds. The molecule has 0 aliphatic carbocycles. The van der Waals surface area contributed by atoms with Crippen molar-refractivity contribution >= 4 is 33.0 Å². The van der Waals surface area contributed by atoms with E-state index >= 15 is 0 Å². The van der Waals surface area contributed by atoms with E-state index in [2.05, 4.69) is 20.1 Å². The Bertz CT molecular complexity index is 1960. The van der Waals surface area contributed by atoms with Crippen LogP contribution < -0.4 is 11.5 Å². The van der Waals surface area contributed by atoms with Gasteiger partial charge in [-0.2, -0.15) is 9.61 Å². The van der Waals surface area contributed by atoms with E-state index in [9.17, 15) is 13.2 Å². The summed E-state index contributed by atoms with van der Waals surface area (Å²) < 4.78 is 27.6. The van der Waals surface area contributed by atoms with Gasteiger partial charge < -0.3 is 16.4 Å². The monoisotopic (exact) mass is 595 g/mol. The van der Waals surface area contributed by atoms with Gasteiger partial charge in [-0.25, -0.2) is 23.4 Å². The molecule has 4 aromatic heterocycles. The first-order valence-corrected chi connectivity index (χ1v) is 15.9. The number of hydrogen-bond acceptors (Lipinski definition) is 10. The fourth-order valence-electron chi connectivity index (χ4n) is 6.59. The van der Waals surface area contributed by atoms with Gasteiger partial charge >= 0.3 is 0 Å². The Labute approximate surface area is 247 Å². The molecule has 2 saturated heterocycles. The van der Waals surface area contributed by atoms with Gasteiger partial charge in [0.1, 0.15) is 28.4 Å². The Hall–Kier alpha value is -4.91. The van der Waals surface area contributed by atoms with Crippen molar-refractivity contribution in [1.29, 1.82) is 0 Å². The number of aromatic nitrogens is 6. The zero-order valence-electron chi connectivity index (χ0n) is 23.3. The Balaban J connectivity index is 1.27. The topological polar surface area (TPSA) is 175 Å². The zero-order valence-corrected chi connectivity index (χ0v) is 24.1. The molecule has 5 aromatic rings. The highest BCUT2D eigenvalue weighted by atomic mass is 32.2. The quantitative estimate of drug-likeness (QED) is 0.306. The van der Waals surface area contributed by atoms with Gasteiger partial charge in [0, 0.05) is 53.3 Å². The summed E-state index contributed by atoms with van der Waals surface area (Å²) in [5.74, 6) is -0.285. The van der Waals surface area contributed by atoms with Crippen LogP contribution in [0.4, 0.5) is 11.6 Å². The number of amides is 1. The highest BCUT2D eigenvalue weighted by Gasteiger charge is 2.46. The number of nitrogens with zero attached hydrogens (tertiary/aromatic N) is 7. The Morgan fingerprint density at radius 1 is 0.930 bits per heavy atom. The fraction of sp³-hybridized carbons (Fsp3) is 0.267. The number of nitrogens with two attached hydrogens (primary N) is 2. The minimum atomic E-state index is -3.76. The van der Waals surface area contributed by atoms with Crippen molar-refractivity contribution in [3.8, 4) is 22.4 Å². The number of hydrogen-bond donors (Lipinski definition) is 2. The molecular formula is C30H29N9O3S. The van der Waals surface area contributed by atoms with E-state index in [1.54, 1.807) is 12.4 Å². The molecule has 2 aliphatic rings. The van der Waals surface area contributed by atoms with Crippen molar-refractivity contribution in [3.63, 3.8) is 0 Å². The normalized spacial score (nSPS) is 20.0. The lowest BCUT2D eigenvalue weighted by molar-refractivity contribution is 0.0568. The molecule has 2 fully saturated rings. The number of sulfone groups is 1. The molecule has 218 valence electrons. The molecular weight excluding hydrogens is 566 g/mol. The van der Waals surface area contributed by atoms with Crippen LogP contribution in [0.3, 0.4) is 0 Å². The molecule has 12 nitrogen and oxygen atoms in total. The molecule has 4 N–H and O–H groups in total. The molecule has 0 unspecified atom stereocenters. The lowest BCUT2D eigenvalue weighted by atomic mass is 9.87. The van der Waals surface area contributed by atoms with E-state index in [0.29, 0.717) is 29.7 Å². The van der Waals surface area contributed by atoms with E-state index in [1.807, 2.05) is 47.4 Å². The number of anilines is 2. The number of rotatable bonds is 5. The van der Waals surface area contributed by atoms with Gasteiger partial charge in [-0.15, -0.1) is 0 Å². The standard InChI is InChI=1S/C30H29N9O3S/c1-43(41,42)26-25(19-11-20-8-9-21(12-19)38(20)30(40)23-14-33-16-35-27(23)31)37-29-22(15-36-39(29)28(26)32)18-7-10-24(34-13-18)17-5-3-2-4-6-17/h2-7,10,13-16,19-21H,8-9,11-12,32H2,1H3,(H2,31,33,35)/t19-,20-,21+. The molecule has 7 rings (SSSR count). The first-order chi connectivity index (χ1) is 20.7. The molecule has 1 aromatic carbocycles. The summed E-state index contributed by atoms with van der Waals surface area (Å²) >= 11 is 0. The molecule has 13 heteroatoms. The van der Waals surface area contributed by atoms with Crippen LogP contribution in [0.2, 0.25) is 0 Å². The Morgan fingerprint density at radius 3 is 2.33 bits per heavy atom. The van der Waals surface area contributed by atoms with Gasteiger partial charge in [-0.05, 0) is 31.7 Å². The molecule has 0 radical (unpaired) electrons. The smallest absolute Gasteiger partial charge is 0.259 e. The number of pyridine rings is 1. The number of fused-ring (bicyclic) bond motifs is 3. The van der Waals surface area contributed by atoms with Crippen molar-refractivity contribution < 1.29 is 13.2 Å². The lowest BCUT2D eigenvalue weighted by Crippen LogP contribution is -2.46.